The Hall–Kier alpha value is 0.430. The zero-order valence-electron chi connectivity index (χ0n) is 14.2. The Morgan fingerprint density at radius 3 is 0.900 bits per heavy atom. The van der Waals surface area contributed by atoms with E-state index in [4.69, 9.17) is 0 Å². The van der Waals surface area contributed by atoms with Gasteiger partial charge in [-0.1, -0.05) is 119 Å². The summed E-state index contributed by atoms with van der Waals surface area (Å²) in [6.45, 7) is 2.29. The zero-order chi connectivity index (χ0) is 14.7. The van der Waals surface area contributed by atoms with E-state index in [1.165, 1.54) is 115 Å². The van der Waals surface area contributed by atoms with Crippen LogP contribution < -0.4 is 0 Å². The summed E-state index contributed by atoms with van der Waals surface area (Å²) in [5.41, 5.74) is 0. The molecule has 0 aromatic carbocycles. The second-order valence-corrected chi connectivity index (χ2v) is 6.91. The molecule has 0 aliphatic heterocycles. The lowest BCUT2D eigenvalue weighted by molar-refractivity contribution is 0.529. The maximum atomic E-state index is 3.54. The topological polar surface area (TPSA) is 0 Å². The van der Waals surface area contributed by atoms with E-state index in [1.807, 2.05) is 0 Å². The second-order valence-electron chi connectivity index (χ2n) is 6.41. The van der Waals surface area contributed by atoms with Crippen LogP contribution in [0.5, 0.6) is 0 Å². The van der Waals surface area contributed by atoms with Gasteiger partial charge in [-0.25, -0.2) is 0 Å². The minimum absolute atomic E-state index is 1.18. The van der Waals surface area contributed by atoms with E-state index < -0.39 is 0 Å². The fourth-order valence-corrected chi connectivity index (χ4v) is 3.10. The Morgan fingerprint density at radius 1 is 0.400 bits per heavy atom. The van der Waals surface area contributed by atoms with Gasteiger partial charge in [0.25, 0.3) is 0 Å². The molecule has 0 atom stereocenters. The van der Waals surface area contributed by atoms with Crippen molar-refractivity contribution in [2.24, 2.45) is 0 Å². The average Bonchev–Trinajstić information content (AvgIpc) is 2.47. The van der Waals surface area contributed by atoms with E-state index in [9.17, 15) is 0 Å². The van der Waals surface area contributed by atoms with E-state index in [1.54, 1.807) is 0 Å². The standard InChI is InChI=1S/C19H40P/c1-2-3-4-5-6-7-8-9-10-11-12-13-14-15-16-17-18-19-20/h20H,2-19H2,1H3. The average molecular weight is 300 g/mol. The van der Waals surface area contributed by atoms with Crippen molar-refractivity contribution < 1.29 is 0 Å². The fourth-order valence-electron chi connectivity index (χ4n) is 2.85. The highest BCUT2D eigenvalue weighted by Gasteiger charge is 1.94. The predicted molar refractivity (Wildman–Crippen MR) is 97.3 cm³/mol. The van der Waals surface area contributed by atoms with Gasteiger partial charge in [0.2, 0.25) is 0 Å². The largest absolute Gasteiger partial charge is 0.0992 e. The summed E-state index contributed by atoms with van der Waals surface area (Å²) in [7, 11) is 3.54. The molecule has 0 fully saturated rings. The lowest BCUT2D eigenvalue weighted by Crippen LogP contribution is -1.84. The number of hydrogen-bond acceptors (Lipinski definition) is 0. The van der Waals surface area contributed by atoms with Crippen LogP contribution >= 0.6 is 9.24 Å². The molecule has 0 unspecified atom stereocenters. The fraction of sp³-hybridized carbons (Fsp3) is 1.00. The van der Waals surface area contributed by atoms with Crippen LogP contribution in [0.25, 0.3) is 0 Å². The first-order chi connectivity index (χ1) is 9.91. The maximum absolute atomic E-state index is 3.54. The molecule has 1 radical (unpaired) electrons. The molecule has 20 heavy (non-hydrogen) atoms. The highest BCUT2D eigenvalue weighted by Crippen LogP contribution is 2.14. The highest BCUT2D eigenvalue weighted by molar-refractivity contribution is 7.16. The molecular formula is C19H40P. The third kappa shape index (κ3) is 18.4. The molecule has 0 nitrogen and oxygen atoms in total. The van der Waals surface area contributed by atoms with Crippen LogP contribution in [0.1, 0.15) is 116 Å². The molecule has 0 saturated heterocycles. The van der Waals surface area contributed by atoms with Gasteiger partial charge in [0, 0.05) is 0 Å². The van der Waals surface area contributed by atoms with E-state index in [2.05, 4.69) is 16.2 Å². The van der Waals surface area contributed by atoms with Crippen molar-refractivity contribution >= 4 is 9.24 Å². The molecule has 1 heteroatoms. The summed E-state index contributed by atoms with van der Waals surface area (Å²) in [5, 5.41) is 0. The number of hydrogen-bond donors (Lipinski definition) is 0. The Bertz CT molecular complexity index is 138. The smallest absolute Gasteiger partial charge is 0.0317 e. The van der Waals surface area contributed by atoms with Gasteiger partial charge in [-0.2, -0.15) is 0 Å². The van der Waals surface area contributed by atoms with Gasteiger partial charge < -0.3 is 0 Å². The van der Waals surface area contributed by atoms with E-state index in [0.717, 1.165) is 0 Å². The lowest BCUT2D eigenvalue weighted by Gasteiger charge is -2.03. The Kier molecular flexibility index (Phi) is 19.8. The molecule has 0 aromatic heterocycles. The molecule has 0 aromatic rings. The van der Waals surface area contributed by atoms with Crippen molar-refractivity contribution in [2.75, 3.05) is 6.16 Å². The molecule has 0 bridgehead atoms. The van der Waals surface area contributed by atoms with Gasteiger partial charge in [0.05, 0.1) is 0 Å². The second kappa shape index (κ2) is 19.4. The minimum atomic E-state index is 1.18. The van der Waals surface area contributed by atoms with Gasteiger partial charge in [0.15, 0.2) is 0 Å². The van der Waals surface area contributed by atoms with Gasteiger partial charge in [0.1, 0.15) is 0 Å². The Morgan fingerprint density at radius 2 is 0.650 bits per heavy atom. The SMILES string of the molecule is CCCCCCCCCCCCCCCCCCC[PH]. The van der Waals surface area contributed by atoms with E-state index in [-0.39, 0.29) is 0 Å². The quantitative estimate of drug-likeness (QED) is 0.190. The van der Waals surface area contributed by atoms with Crippen LogP contribution in [0.4, 0.5) is 0 Å². The van der Waals surface area contributed by atoms with Gasteiger partial charge >= 0.3 is 0 Å². The van der Waals surface area contributed by atoms with Crippen LogP contribution in [0, 0.1) is 0 Å². The monoisotopic (exact) mass is 299 g/mol. The van der Waals surface area contributed by atoms with Crippen LogP contribution in [0.15, 0.2) is 0 Å². The normalized spacial score (nSPS) is 11.1. The first-order valence-electron chi connectivity index (χ1n) is 9.56. The van der Waals surface area contributed by atoms with Gasteiger partial charge in [-0.15, -0.1) is 0 Å². The molecule has 0 aliphatic carbocycles. The van der Waals surface area contributed by atoms with Crippen molar-refractivity contribution in [2.45, 2.75) is 116 Å². The minimum Gasteiger partial charge on any atom is -0.0992 e. The summed E-state index contributed by atoms with van der Waals surface area (Å²) in [5.74, 6) is 0. The zero-order valence-corrected chi connectivity index (χ0v) is 15.2. The maximum Gasteiger partial charge on any atom is -0.0317 e. The summed E-state index contributed by atoms with van der Waals surface area (Å²) < 4.78 is 0. The van der Waals surface area contributed by atoms with Crippen molar-refractivity contribution in [3.05, 3.63) is 0 Å². The van der Waals surface area contributed by atoms with Crippen LogP contribution in [-0.2, 0) is 0 Å². The van der Waals surface area contributed by atoms with Crippen LogP contribution in [0.3, 0.4) is 0 Å². The van der Waals surface area contributed by atoms with Crippen molar-refractivity contribution in [3.8, 4) is 0 Å². The molecule has 0 heterocycles. The van der Waals surface area contributed by atoms with E-state index >= 15 is 0 Å². The van der Waals surface area contributed by atoms with Crippen LogP contribution in [-0.4, -0.2) is 6.16 Å². The van der Waals surface area contributed by atoms with E-state index in [0.29, 0.717) is 0 Å². The van der Waals surface area contributed by atoms with Crippen LogP contribution in [0.2, 0.25) is 0 Å². The van der Waals surface area contributed by atoms with Gasteiger partial charge in [-0.05, 0) is 12.6 Å². The molecule has 0 N–H and O–H groups in total. The first kappa shape index (κ1) is 20.4. The lowest BCUT2D eigenvalue weighted by atomic mass is 10.0. The third-order valence-corrected chi connectivity index (χ3v) is 4.63. The van der Waals surface area contributed by atoms with Gasteiger partial charge in [-0.3, -0.25) is 0 Å². The Balaban J connectivity index is 2.89. The summed E-state index contributed by atoms with van der Waals surface area (Å²) in [6.07, 6.45) is 25.9. The number of rotatable bonds is 17. The summed E-state index contributed by atoms with van der Waals surface area (Å²) in [6, 6.07) is 0. The molecule has 121 valence electrons. The molecule has 0 saturated carbocycles. The predicted octanol–water partition coefficient (Wildman–Crippen LogP) is 7.78. The summed E-state index contributed by atoms with van der Waals surface area (Å²) in [4.78, 5) is 0. The van der Waals surface area contributed by atoms with Crippen molar-refractivity contribution in [1.29, 1.82) is 0 Å². The van der Waals surface area contributed by atoms with Crippen molar-refractivity contribution in [3.63, 3.8) is 0 Å². The molecular weight excluding hydrogens is 259 g/mol. The first-order valence-corrected chi connectivity index (χ1v) is 10.3. The number of unbranched alkanes of at least 4 members (excludes halogenated alkanes) is 16. The third-order valence-electron chi connectivity index (χ3n) is 4.28. The highest BCUT2D eigenvalue weighted by atomic mass is 31.0. The molecule has 0 aliphatic rings. The molecule has 0 spiro atoms. The summed E-state index contributed by atoms with van der Waals surface area (Å²) >= 11 is 0. The molecule has 0 rings (SSSR count). The Labute approximate surface area is 132 Å². The van der Waals surface area contributed by atoms with Crippen molar-refractivity contribution in [1.82, 2.24) is 0 Å². The molecule has 0 amide bonds.